The largest absolute Gasteiger partial charge is 0.328 e. The van der Waals surface area contributed by atoms with Gasteiger partial charge in [-0.2, -0.15) is 9.47 Å². The van der Waals surface area contributed by atoms with E-state index in [1.807, 2.05) is 29.9 Å². The Labute approximate surface area is 167 Å². The maximum Gasteiger partial charge on any atom is 0.180 e. The Morgan fingerprint density at radius 3 is 2.86 bits per heavy atom. The standard InChI is InChI=1S/C19H24N8S/c1-4-26(5-2)7-6-15-8-17(28-25-15)24-18-19-20-11-16(14-9-21-22-10-14)27(19)12-13(3)23-18/h8-12H,4-7H2,1-3H3,(H,21,22)(H,23,24). The van der Waals surface area contributed by atoms with E-state index < -0.39 is 0 Å². The number of likely N-dealkylation sites (N-methyl/N-ethyl adjacent to an activating group) is 1. The fourth-order valence-electron chi connectivity index (χ4n) is 3.21. The third kappa shape index (κ3) is 3.76. The van der Waals surface area contributed by atoms with Crippen LogP contribution in [0.5, 0.6) is 0 Å². The zero-order valence-electron chi connectivity index (χ0n) is 16.3. The molecule has 4 aromatic rings. The molecule has 4 heterocycles. The molecule has 0 radical (unpaired) electrons. The molecule has 4 rings (SSSR count). The number of aromatic amines is 1. The molecule has 0 bridgehead atoms. The number of anilines is 2. The quantitative estimate of drug-likeness (QED) is 0.474. The Morgan fingerprint density at radius 1 is 1.25 bits per heavy atom. The Kier molecular flexibility index (Phi) is 5.36. The lowest BCUT2D eigenvalue weighted by atomic mass is 10.3. The van der Waals surface area contributed by atoms with Crippen molar-refractivity contribution in [1.29, 1.82) is 0 Å². The minimum absolute atomic E-state index is 0.730. The Hall–Kier alpha value is -2.78. The summed E-state index contributed by atoms with van der Waals surface area (Å²) in [7, 11) is 0. The summed E-state index contributed by atoms with van der Waals surface area (Å²) in [6.45, 7) is 9.51. The predicted molar refractivity (Wildman–Crippen MR) is 112 cm³/mol. The van der Waals surface area contributed by atoms with E-state index in [1.165, 1.54) is 11.5 Å². The number of rotatable bonds is 8. The topological polar surface area (TPSA) is 87.0 Å². The van der Waals surface area contributed by atoms with Gasteiger partial charge in [-0.1, -0.05) is 13.8 Å². The summed E-state index contributed by atoms with van der Waals surface area (Å²) < 4.78 is 6.63. The molecule has 146 valence electrons. The van der Waals surface area contributed by atoms with Gasteiger partial charge in [-0.3, -0.25) is 9.50 Å². The zero-order valence-corrected chi connectivity index (χ0v) is 17.1. The van der Waals surface area contributed by atoms with Crippen LogP contribution in [-0.2, 0) is 6.42 Å². The number of aromatic nitrogens is 6. The molecule has 2 N–H and O–H groups in total. The first-order chi connectivity index (χ1) is 13.7. The highest BCUT2D eigenvalue weighted by Gasteiger charge is 2.14. The summed E-state index contributed by atoms with van der Waals surface area (Å²) in [5, 5.41) is 11.3. The fourth-order valence-corrected chi connectivity index (χ4v) is 3.91. The second-order valence-corrected chi connectivity index (χ2v) is 7.44. The third-order valence-electron chi connectivity index (χ3n) is 4.79. The molecule has 0 saturated heterocycles. The summed E-state index contributed by atoms with van der Waals surface area (Å²) in [5.74, 6) is 0.730. The molecule has 0 aliphatic heterocycles. The molecule has 0 saturated carbocycles. The number of aryl methyl sites for hydroxylation is 1. The molecule has 0 unspecified atom stereocenters. The average molecular weight is 397 g/mol. The maximum atomic E-state index is 4.65. The van der Waals surface area contributed by atoms with Crippen molar-refractivity contribution < 1.29 is 0 Å². The second kappa shape index (κ2) is 8.07. The van der Waals surface area contributed by atoms with Gasteiger partial charge in [0.25, 0.3) is 0 Å². The zero-order chi connectivity index (χ0) is 19.5. The van der Waals surface area contributed by atoms with Gasteiger partial charge in [0.2, 0.25) is 0 Å². The Bertz CT molecular complexity index is 1050. The van der Waals surface area contributed by atoms with Crippen LogP contribution in [0, 0.1) is 6.92 Å². The summed E-state index contributed by atoms with van der Waals surface area (Å²) >= 11 is 1.46. The van der Waals surface area contributed by atoms with Crippen molar-refractivity contribution in [1.82, 2.24) is 33.8 Å². The molecule has 0 fully saturated rings. The number of hydrogen-bond acceptors (Lipinski definition) is 7. The van der Waals surface area contributed by atoms with E-state index in [-0.39, 0.29) is 0 Å². The third-order valence-corrected chi connectivity index (χ3v) is 5.53. The van der Waals surface area contributed by atoms with Crippen LogP contribution >= 0.6 is 11.5 Å². The molecule has 0 aliphatic rings. The summed E-state index contributed by atoms with van der Waals surface area (Å²) in [5.41, 5.74) is 4.75. The number of H-pyrrole nitrogens is 1. The van der Waals surface area contributed by atoms with Crippen LogP contribution in [0.25, 0.3) is 16.9 Å². The fraction of sp³-hybridized carbons (Fsp3) is 0.368. The van der Waals surface area contributed by atoms with E-state index in [4.69, 9.17) is 0 Å². The molecular weight excluding hydrogens is 372 g/mol. The molecular formula is C19H24N8S. The van der Waals surface area contributed by atoms with Crippen LogP contribution < -0.4 is 5.32 Å². The van der Waals surface area contributed by atoms with Crippen molar-refractivity contribution in [3.63, 3.8) is 0 Å². The smallest absolute Gasteiger partial charge is 0.180 e. The minimum atomic E-state index is 0.730. The van der Waals surface area contributed by atoms with E-state index in [0.29, 0.717) is 0 Å². The van der Waals surface area contributed by atoms with Crippen molar-refractivity contribution >= 4 is 28.0 Å². The van der Waals surface area contributed by atoms with Gasteiger partial charge >= 0.3 is 0 Å². The van der Waals surface area contributed by atoms with Gasteiger partial charge in [-0.25, -0.2) is 9.97 Å². The van der Waals surface area contributed by atoms with Gasteiger partial charge in [-0.05, 0) is 37.6 Å². The van der Waals surface area contributed by atoms with Gasteiger partial charge in [-0.15, -0.1) is 0 Å². The Morgan fingerprint density at radius 2 is 2.11 bits per heavy atom. The first kappa shape index (κ1) is 18.6. The van der Waals surface area contributed by atoms with E-state index in [0.717, 1.165) is 65.2 Å². The van der Waals surface area contributed by atoms with E-state index in [9.17, 15) is 0 Å². The van der Waals surface area contributed by atoms with Gasteiger partial charge in [0.15, 0.2) is 11.5 Å². The Balaban J connectivity index is 1.57. The lowest BCUT2D eigenvalue weighted by Crippen LogP contribution is -2.25. The first-order valence-electron chi connectivity index (χ1n) is 9.46. The molecule has 0 amide bonds. The van der Waals surface area contributed by atoms with Crippen molar-refractivity contribution in [2.24, 2.45) is 0 Å². The lowest BCUT2D eigenvalue weighted by molar-refractivity contribution is 0.307. The molecule has 28 heavy (non-hydrogen) atoms. The molecule has 0 aromatic carbocycles. The van der Waals surface area contributed by atoms with E-state index in [1.54, 1.807) is 6.20 Å². The molecule has 0 aliphatic carbocycles. The molecule has 9 heteroatoms. The molecule has 4 aromatic heterocycles. The normalized spacial score (nSPS) is 11.6. The summed E-state index contributed by atoms with van der Waals surface area (Å²) in [6.07, 6.45) is 8.42. The monoisotopic (exact) mass is 396 g/mol. The summed E-state index contributed by atoms with van der Waals surface area (Å²) in [4.78, 5) is 11.6. The van der Waals surface area contributed by atoms with Gasteiger partial charge in [0.05, 0.1) is 29.5 Å². The number of nitrogens with one attached hydrogen (secondary N) is 2. The van der Waals surface area contributed by atoms with Gasteiger partial charge in [0.1, 0.15) is 5.00 Å². The van der Waals surface area contributed by atoms with E-state index in [2.05, 4.69) is 54.7 Å². The van der Waals surface area contributed by atoms with Crippen molar-refractivity contribution in [3.05, 3.63) is 42.2 Å². The number of imidazole rings is 1. The van der Waals surface area contributed by atoms with E-state index >= 15 is 0 Å². The summed E-state index contributed by atoms with van der Waals surface area (Å²) in [6, 6.07) is 2.11. The van der Waals surface area contributed by atoms with Crippen LogP contribution in [-0.4, -0.2) is 53.5 Å². The highest BCUT2D eigenvalue weighted by Crippen LogP contribution is 2.27. The number of hydrogen-bond donors (Lipinski definition) is 2. The second-order valence-electron chi connectivity index (χ2n) is 6.64. The highest BCUT2D eigenvalue weighted by molar-refractivity contribution is 7.10. The van der Waals surface area contributed by atoms with Crippen molar-refractivity contribution in [3.8, 4) is 11.3 Å². The van der Waals surface area contributed by atoms with Crippen molar-refractivity contribution in [2.45, 2.75) is 27.2 Å². The van der Waals surface area contributed by atoms with Gasteiger partial charge < -0.3 is 10.2 Å². The highest BCUT2D eigenvalue weighted by atomic mass is 32.1. The average Bonchev–Trinajstić information content (AvgIpc) is 3.42. The van der Waals surface area contributed by atoms with Crippen LogP contribution in [0.1, 0.15) is 25.2 Å². The molecule has 0 spiro atoms. The lowest BCUT2D eigenvalue weighted by Gasteiger charge is -2.16. The number of fused-ring (bicyclic) bond motifs is 1. The van der Waals surface area contributed by atoms with Crippen LogP contribution in [0.2, 0.25) is 0 Å². The molecule has 0 atom stereocenters. The minimum Gasteiger partial charge on any atom is -0.328 e. The SMILES string of the molecule is CCN(CC)CCc1cc(Nc2nc(C)cn3c(-c4cn[nH]c4)cnc23)sn1. The molecule has 8 nitrogen and oxygen atoms in total. The van der Waals surface area contributed by atoms with Crippen LogP contribution in [0.4, 0.5) is 10.8 Å². The maximum absolute atomic E-state index is 4.65. The predicted octanol–water partition coefficient (Wildman–Crippen LogP) is 3.51. The first-order valence-corrected chi connectivity index (χ1v) is 10.2. The van der Waals surface area contributed by atoms with Crippen molar-refractivity contribution in [2.75, 3.05) is 25.0 Å². The van der Waals surface area contributed by atoms with Crippen LogP contribution in [0.3, 0.4) is 0 Å². The van der Waals surface area contributed by atoms with Crippen LogP contribution in [0.15, 0.2) is 30.9 Å². The number of nitrogens with zero attached hydrogens (tertiary/aromatic N) is 6. The van der Waals surface area contributed by atoms with Gasteiger partial charge in [0, 0.05) is 30.9 Å².